The molecule has 1 rings (SSSR count). The molecule has 1 N–H and O–H groups in total. The van der Waals surface area contributed by atoms with Gasteiger partial charge in [-0.25, -0.2) is 4.79 Å². The van der Waals surface area contributed by atoms with E-state index in [4.69, 9.17) is 37.4 Å². The molecule has 0 heterocycles. The predicted octanol–water partition coefficient (Wildman–Crippen LogP) is 3.05. The molecule has 0 bridgehead atoms. The SMILES string of the molecule is COc1c(Cl)cc(NC(=O)OCCCl)c(OC)c1[N+](=O)[O-]. The zero-order chi connectivity index (χ0) is 16.0. The summed E-state index contributed by atoms with van der Waals surface area (Å²) in [6.07, 6.45) is -0.843. The van der Waals surface area contributed by atoms with Crippen molar-refractivity contribution in [3.63, 3.8) is 0 Å². The lowest BCUT2D eigenvalue weighted by atomic mass is 10.2. The van der Waals surface area contributed by atoms with Crippen molar-refractivity contribution in [3.8, 4) is 11.5 Å². The number of benzene rings is 1. The number of anilines is 1. The summed E-state index contributed by atoms with van der Waals surface area (Å²) in [5.74, 6) is -0.254. The van der Waals surface area contributed by atoms with Crippen LogP contribution >= 0.6 is 23.2 Å². The van der Waals surface area contributed by atoms with E-state index in [1.165, 1.54) is 20.3 Å². The first-order valence-corrected chi connectivity index (χ1v) is 6.46. The van der Waals surface area contributed by atoms with Gasteiger partial charge >= 0.3 is 11.8 Å². The highest BCUT2D eigenvalue weighted by molar-refractivity contribution is 6.33. The van der Waals surface area contributed by atoms with E-state index in [0.717, 1.165) is 0 Å². The minimum Gasteiger partial charge on any atom is -0.489 e. The standard InChI is InChI=1S/C11H12Cl2N2O6/c1-19-9-6(13)5-7(14-11(16)21-4-3-12)10(20-2)8(9)15(17)18/h5H,3-4H2,1-2H3,(H,14,16). The number of nitrogens with one attached hydrogen (secondary N) is 1. The summed E-state index contributed by atoms with van der Waals surface area (Å²) in [4.78, 5) is 21.9. The van der Waals surface area contributed by atoms with E-state index in [-0.39, 0.29) is 34.7 Å². The van der Waals surface area contributed by atoms with Gasteiger partial charge in [-0.1, -0.05) is 11.6 Å². The molecule has 0 unspecified atom stereocenters. The Bertz CT molecular complexity index is 552. The van der Waals surface area contributed by atoms with Crippen LogP contribution < -0.4 is 14.8 Å². The first-order chi connectivity index (χ1) is 9.96. The average molecular weight is 339 g/mol. The zero-order valence-corrected chi connectivity index (χ0v) is 12.7. The van der Waals surface area contributed by atoms with E-state index in [1.54, 1.807) is 0 Å². The summed E-state index contributed by atoms with van der Waals surface area (Å²) >= 11 is 11.3. The molecule has 0 aliphatic heterocycles. The molecule has 0 atom stereocenters. The Kier molecular flexibility index (Phi) is 6.32. The van der Waals surface area contributed by atoms with E-state index < -0.39 is 16.7 Å². The van der Waals surface area contributed by atoms with Crippen LogP contribution in [0.4, 0.5) is 16.2 Å². The van der Waals surface area contributed by atoms with Crippen LogP contribution in [0.5, 0.6) is 11.5 Å². The van der Waals surface area contributed by atoms with E-state index in [2.05, 4.69) is 5.32 Å². The summed E-state index contributed by atoms with van der Waals surface area (Å²) in [6.45, 7) is -0.0122. The smallest absolute Gasteiger partial charge is 0.411 e. The molecule has 0 aliphatic rings. The molecule has 8 nitrogen and oxygen atoms in total. The highest BCUT2D eigenvalue weighted by atomic mass is 35.5. The Morgan fingerprint density at radius 2 is 2.00 bits per heavy atom. The number of carbonyl (C=O) groups is 1. The topological polar surface area (TPSA) is 99.9 Å². The van der Waals surface area contributed by atoms with Crippen molar-refractivity contribution in [3.05, 3.63) is 21.2 Å². The van der Waals surface area contributed by atoms with Crippen molar-refractivity contribution >= 4 is 40.7 Å². The average Bonchev–Trinajstić information content (AvgIpc) is 2.44. The fourth-order valence-electron chi connectivity index (χ4n) is 1.54. The number of halogens is 2. The quantitative estimate of drug-likeness (QED) is 0.486. The lowest BCUT2D eigenvalue weighted by Gasteiger charge is -2.13. The molecule has 1 amide bonds. The van der Waals surface area contributed by atoms with Crippen molar-refractivity contribution in [1.82, 2.24) is 0 Å². The number of hydrogen-bond acceptors (Lipinski definition) is 6. The Morgan fingerprint density at radius 1 is 1.38 bits per heavy atom. The van der Waals surface area contributed by atoms with Crippen LogP contribution in [-0.4, -0.2) is 37.7 Å². The Morgan fingerprint density at radius 3 is 2.48 bits per heavy atom. The van der Waals surface area contributed by atoms with Crippen molar-refractivity contribution < 1.29 is 23.9 Å². The second-order valence-corrected chi connectivity index (χ2v) is 4.31. The number of nitro benzene ring substituents is 1. The number of methoxy groups -OCH3 is 2. The highest BCUT2D eigenvalue weighted by Crippen LogP contribution is 2.46. The maximum Gasteiger partial charge on any atom is 0.411 e. The van der Waals surface area contributed by atoms with Crippen LogP contribution in [0.15, 0.2) is 6.07 Å². The number of ether oxygens (including phenoxy) is 3. The third-order valence-electron chi connectivity index (χ3n) is 2.30. The van der Waals surface area contributed by atoms with Gasteiger partial charge in [0.2, 0.25) is 11.5 Å². The van der Waals surface area contributed by atoms with Crippen molar-refractivity contribution in [1.29, 1.82) is 0 Å². The van der Waals surface area contributed by atoms with Crippen molar-refractivity contribution in [2.45, 2.75) is 0 Å². The van der Waals surface area contributed by atoms with Gasteiger partial charge in [-0.3, -0.25) is 15.4 Å². The third-order valence-corrected chi connectivity index (χ3v) is 2.74. The summed E-state index contributed by atoms with van der Waals surface area (Å²) in [5.41, 5.74) is -0.519. The van der Waals surface area contributed by atoms with Crippen molar-refractivity contribution in [2.75, 3.05) is 32.0 Å². The van der Waals surface area contributed by atoms with Crippen LogP contribution in [0.25, 0.3) is 0 Å². The largest absolute Gasteiger partial charge is 0.489 e. The van der Waals surface area contributed by atoms with Gasteiger partial charge in [0, 0.05) is 0 Å². The second-order valence-electron chi connectivity index (χ2n) is 3.53. The van der Waals surface area contributed by atoms with E-state index >= 15 is 0 Å². The van der Waals surface area contributed by atoms with Gasteiger partial charge in [0.25, 0.3) is 0 Å². The normalized spacial score (nSPS) is 9.90. The summed E-state index contributed by atoms with van der Waals surface area (Å²) in [7, 11) is 2.44. The molecule has 0 aromatic heterocycles. The van der Waals surface area contributed by atoms with Crippen LogP contribution in [0.1, 0.15) is 0 Å². The molecule has 0 fully saturated rings. The number of alkyl halides is 1. The van der Waals surface area contributed by atoms with Gasteiger partial charge in [0.1, 0.15) is 6.61 Å². The highest BCUT2D eigenvalue weighted by Gasteiger charge is 2.29. The number of rotatable bonds is 6. The number of nitrogens with zero attached hydrogens (tertiary/aromatic N) is 1. The minimum absolute atomic E-state index is 0.0122. The maximum atomic E-state index is 11.5. The van der Waals surface area contributed by atoms with Crippen LogP contribution in [0, 0.1) is 10.1 Å². The third kappa shape index (κ3) is 4.02. The van der Waals surface area contributed by atoms with Crippen LogP contribution in [0.3, 0.4) is 0 Å². The summed E-state index contributed by atoms with van der Waals surface area (Å²) in [6, 6.07) is 1.26. The molecular weight excluding hydrogens is 327 g/mol. The molecule has 116 valence electrons. The lowest BCUT2D eigenvalue weighted by molar-refractivity contribution is -0.386. The van der Waals surface area contributed by atoms with E-state index in [1.807, 2.05) is 0 Å². The molecular formula is C11H12Cl2N2O6. The zero-order valence-electron chi connectivity index (χ0n) is 11.1. The number of amides is 1. The Labute approximate surface area is 130 Å². The van der Waals surface area contributed by atoms with Crippen LogP contribution in [-0.2, 0) is 4.74 Å². The van der Waals surface area contributed by atoms with Gasteiger partial charge in [-0.15, -0.1) is 11.6 Å². The molecule has 0 radical (unpaired) electrons. The number of carbonyl (C=O) groups excluding carboxylic acids is 1. The first kappa shape index (κ1) is 17.1. The Hall–Kier alpha value is -1.93. The minimum atomic E-state index is -0.843. The summed E-state index contributed by atoms with van der Waals surface area (Å²) < 4.78 is 14.6. The second kappa shape index (κ2) is 7.75. The first-order valence-electron chi connectivity index (χ1n) is 5.54. The number of hydrogen-bond donors (Lipinski definition) is 1. The monoisotopic (exact) mass is 338 g/mol. The molecule has 21 heavy (non-hydrogen) atoms. The fraction of sp³-hybridized carbons (Fsp3) is 0.364. The fourth-order valence-corrected chi connectivity index (χ4v) is 1.89. The van der Waals surface area contributed by atoms with E-state index in [0.29, 0.717) is 0 Å². The lowest BCUT2D eigenvalue weighted by Crippen LogP contribution is -2.16. The van der Waals surface area contributed by atoms with Gasteiger partial charge in [0.05, 0.1) is 35.7 Å². The predicted molar refractivity (Wildman–Crippen MR) is 76.9 cm³/mol. The molecule has 0 spiro atoms. The van der Waals surface area contributed by atoms with Crippen molar-refractivity contribution in [2.24, 2.45) is 0 Å². The van der Waals surface area contributed by atoms with Gasteiger partial charge in [-0.05, 0) is 6.07 Å². The molecule has 1 aromatic carbocycles. The molecule has 10 heteroatoms. The van der Waals surface area contributed by atoms with Crippen LogP contribution in [0.2, 0.25) is 5.02 Å². The molecule has 0 aliphatic carbocycles. The summed E-state index contributed by atoms with van der Waals surface area (Å²) in [5, 5.41) is 13.4. The molecule has 0 saturated heterocycles. The van der Waals surface area contributed by atoms with Gasteiger partial charge < -0.3 is 14.2 Å². The Balaban J connectivity index is 3.26. The number of nitro groups is 1. The van der Waals surface area contributed by atoms with Gasteiger partial charge in [-0.2, -0.15) is 0 Å². The van der Waals surface area contributed by atoms with Gasteiger partial charge in [0.15, 0.2) is 0 Å². The maximum absolute atomic E-state index is 11.5. The molecule has 1 aromatic rings. The van der Waals surface area contributed by atoms with E-state index in [9.17, 15) is 14.9 Å². The molecule has 0 saturated carbocycles.